The van der Waals surface area contributed by atoms with E-state index in [2.05, 4.69) is 25.4 Å². The third kappa shape index (κ3) is 3.98. The van der Waals surface area contributed by atoms with Gasteiger partial charge in [-0.2, -0.15) is 4.98 Å². The second-order valence-electron chi connectivity index (χ2n) is 6.35. The van der Waals surface area contributed by atoms with Crippen LogP contribution in [0.1, 0.15) is 27.8 Å². The SMILES string of the molecule is Cc1nc(Oc2ccc(NC(=O)c3ccno3)cc2)cc(-n2cnc(C)c2C)n1. The topological polar surface area (TPSA) is 108 Å². The molecule has 0 radical (unpaired) electrons. The smallest absolute Gasteiger partial charge is 0.294 e. The zero-order valence-electron chi connectivity index (χ0n) is 16.1. The van der Waals surface area contributed by atoms with E-state index in [0.29, 0.717) is 29.0 Å². The molecule has 0 aliphatic rings. The van der Waals surface area contributed by atoms with E-state index in [4.69, 9.17) is 9.26 Å². The summed E-state index contributed by atoms with van der Waals surface area (Å²) >= 11 is 0. The molecule has 3 heterocycles. The van der Waals surface area contributed by atoms with Crippen LogP contribution < -0.4 is 10.1 Å². The van der Waals surface area contributed by atoms with Crippen molar-refractivity contribution in [3.8, 4) is 17.4 Å². The third-order valence-electron chi connectivity index (χ3n) is 4.30. The van der Waals surface area contributed by atoms with Crippen LogP contribution in [0.5, 0.6) is 11.6 Å². The van der Waals surface area contributed by atoms with E-state index >= 15 is 0 Å². The molecule has 1 N–H and O–H groups in total. The molecule has 1 aromatic carbocycles. The molecule has 1 amide bonds. The largest absolute Gasteiger partial charge is 0.439 e. The number of amides is 1. The number of carbonyl (C=O) groups is 1. The van der Waals surface area contributed by atoms with Crippen LogP contribution in [0, 0.1) is 20.8 Å². The highest BCUT2D eigenvalue weighted by Gasteiger charge is 2.11. The first-order valence-corrected chi connectivity index (χ1v) is 8.86. The highest BCUT2D eigenvalue weighted by molar-refractivity contribution is 6.02. The van der Waals surface area contributed by atoms with Crippen LogP contribution in [-0.2, 0) is 0 Å². The molecule has 9 nitrogen and oxygen atoms in total. The second kappa shape index (κ2) is 7.55. The van der Waals surface area contributed by atoms with E-state index in [1.54, 1.807) is 43.6 Å². The number of benzene rings is 1. The number of aromatic nitrogens is 5. The molecule has 0 bridgehead atoms. The fourth-order valence-electron chi connectivity index (χ4n) is 2.68. The maximum Gasteiger partial charge on any atom is 0.294 e. The van der Waals surface area contributed by atoms with E-state index in [9.17, 15) is 4.79 Å². The number of aryl methyl sites for hydroxylation is 2. The fourth-order valence-corrected chi connectivity index (χ4v) is 2.68. The van der Waals surface area contributed by atoms with Gasteiger partial charge in [0.05, 0.1) is 11.9 Å². The molecule has 0 saturated carbocycles. The summed E-state index contributed by atoms with van der Waals surface area (Å²) in [6.07, 6.45) is 3.14. The minimum atomic E-state index is -0.377. The monoisotopic (exact) mass is 390 g/mol. The quantitative estimate of drug-likeness (QED) is 0.554. The van der Waals surface area contributed by atoms with Crippen LogP contribution in [0.4, 0.5) is 5.69 Å². The molecule has 9 heteroatoms. The zero-order chi connectivity index (χ0) is 20.4. The lowest BCUT2D eigenvalue weighted by atomic mass is 10.3. The molecule has 0 spiro atoms. The lowest BCUT2D eigenvalue weighted by Crippen LogP contribution is -2.10. The van der Waals surface area contributed by atoms with Gasteiger partial charge in [0.1, 0.15) is 23.7 Å². The Kier molecular flexibility index (Phi) is 4.78. The first-order chi connectivity index (χ1) is 14.0. The summed E-state index contributed by atoms with van der Waals surface area (Å²) in [5.74, 6) is 2.01. The second-order valence-corrected chi connectivity index (χ2v) is 6.35. The number of carbonyl (C=O) groups excluding carboxylic acids is 1. The molecule has 4 aromatic rings. The highest BCUT2D eigenvalue weighted by atomic mass is 16.5. The van der Waals surface area contributed by atoms with Gasteiger partial charge >= 0.3 is 0 Å². The predicted molar refractivity (Wildman–Crippen MR) is 104 cm³/mol. The average molecular weight is 390 g/mol. The Balaban J connectivity index is 1.50. The van der Waals surface area contributed by atoms with E-state index < -0.39 is 0 Å². The summed E-state index contributed by atoms with van der Waals surface area (Å²) in [4.78, 5) is 25.1. The number of anilines is 1. The van der Waals surface area contributed by atoms with Crippen molar-refractivity contribution in [2.75, 3.05) is 5.32 Å². The van der Waals surface area contributed by atoms with Crippen molar-refractivity contribution in [1.82, 2.24) is 24.7 Å². The summed E-state index contributed by atoms with van der Waals surface area (Å²) in [5, 5.41) is 6.23. The minimum absolute atomic E-state index is 0.138. The van der Waals surface area contributed by atoms with Crippen LogP contribution >= 0.6 is 0 Å². The van der Waals surface area contributed by atoms with Crippen molar-refractivity contribution in [3.63, 3.8) is 0 Å². The molecule has 146 valence electrons. The molecule has 0 atom stereocenters. The summed E-state index contributed by atoms with van der Waals surface area (Å²) in [7, 11) is 0. The van der Waals surface area contributed by atoms with Crippen molar-refractivity contribution in [2.45, 2.75) is 20.8 Å². The number of hydrogen-bond acceptors (Lipinski definition) is 7. The lowest BCUT2D eigenvalue weighted by molar-refractivity contribution is 0.0988. The van der Waals surface area contributed by atoms with E-state index in [-0.39, 0.29) is 11.7 Å². The van der Waals surface area contributed by atoms with Crippen LogP contribution in [-0.4, -0.2) is 30.6 Å². The lowest BCUT2D eigenvalue weighted by Gasteiger charge is -2.10. The maximum atomic E-state index is 12.0. The summed E-state index contributed by atoms with van der Waals surface area (Å²) < 4.78 is 12.6. The number of ether oxygens (including phenoxy) is 1. The molecular weight excluding hydrogens is 372 g/mol. The van der Waals surface area contributed by atoms with E-state index in [1.165, 1.54) is 12.3 Å². The first kappa shape index (κ1) is 18.4. The molecule has 0 unspecified atom stereocenters. The fraction of sp³-hybridized carbons (Fsp3) is 0.150. The maximum absolute atomic E-state index is 12.0. The molecule has 0 fully saturated rings. The summed E-state index contributed by atoms with van der Waals surface area (Å²) in [5.41, 5.74) is 2.54. The van der Waals surface area contributed by atoms with E-state index in [0.717, 1.165) is 11.4 Å². The van der Waals surface area contributed by atoms with Crippen LogP contribution in [0.3, 0.4) is 0 Å². The number of hydrogen-bond donors (Lipinski definition) is 1. The molecule has 29 heavy (non-hydrogen) atoms. The Morgan fingerprint density at radius 2 is 1.90 bits per heavy atom. The van der Waals surface area contributed by atoms with Gasteiger partial charge in [-0.05, 0) is 45.0 Å². The zero-order valence-corrected chi connectivity index (χ0v) is 16.1. The highest BCUT2D eigenvalue weighted by Crippen LogP contribution is 2.24. The molecule has 3 aromatic heterocycles. The van der Waals surface area contributed by atoms with Gasteiger partial charge in [-0.25, -0.2) is 9.97 Å². The number of nitrogens with one attached hydrogen (secondary N) is 1. The predicted octanol–water partition coefficient (Wildman–Crippen LogP) is 3.62. The Hall–Kier alpha value is -4.01. The Labute approximate surface area is 166 Å². The molecule has 0 aliphatic heterocycles. The first-order valence-electron chi connectivity index (χ1n) is 8.86. The van der Waals surface area contributed by atoms with Gasteiger partial charge in [-0.15, -0.1) is 0 Å². The average Bonchev–Trinajstić information content (AvgIpc) is 3.34. The standard InChI is InChI=1S/C20H18N6O3/c1-12-13(2)26(11-21-12)18-10-19(24-14(3)23-18)28-16-6-4-15(5-7-16)25-20(27)17-8-9-22-29-17/h4-11H,1-3H3,(H,25,27). The molecule has 0 aliphatic carbocycles. The Morgan fingerprint density at radius 3 is 2.55 bits per heavy atom. The van der Waals surface area contributed by atoms with E-state index in [1.807, 2.05) is 18.4 Å². The van der Waals surface area contributed by atoms with Crippen LogP contribution in [0.2, 0.25) is 0 Å². The van der Waals surface area contributed by atoms with Gasteiger partial charge in [0.2, 0.25) is 11.6 Å². The van der Waals surface area contributed by atoms with Crippen LogP contribution in [0.25, 0.3) is 5.82 Å². The van der Waals surface area contributed by atoms with Crippen molar-refractivity contribution in [2.24, 2.45) is 0 Å². The van der Waals surface area contributed by atoms with Crippen molar-refractivity contribution >= 4 is 11.6 Å². The number of imidazole rings is 1. The van der Waals surface area contributed by atoms with Crippen LogP contribution in [0.15, 0.2) is 53.4 Å². The van der Waals surface area contributed by atoms with Crippen molar-refractivity contribution in [1.29, 1.82) is 0 Å². The van der Waals surface area contributed by atoms with Crippen molar-refractivity contribution in [3.05, 3.63) is 71.9 Å². The molecule has 4 rings (SSSR count). The number of nitrogens with zero attached hydrogens (tertiary/aromatic N) is 5. The van der Waals surface area contributed by atoms with Gasteiger partial charge in [-0.1, -0.05) is 5.16 Å². The normalized spacial score (nSPS) is 10.7. The number of rotatable bonds is 5. The van der Waals surface area contributed by atoms with Gasteiger partial charge in [0.25, 0.3) is 5.91 Å². The molecule has 0 saturated heterocycles. The summed E-state index contributed by atoms with van der Waals surface area (Å²) in [6.45, 7) is 5.73. The molecular formula is C20H18N6O3. The Bertz CT molecular complexity index is 1150. The van der Waals surface area contributed by atoms with Gasteiger partial charge in [0, 0.05) is 23.5 Å². The van der Waals surface area contributed by atoms with Gasteiger partial charge < -0.3 is 14.6 Å². The van der Waals surface area contributed by atoms with Gasteiger partial charge in [0.15, 0.2) is 0 Å². The Morgan fingerprint density at radius 1 is 1.10 bits per heavy atom. The summed E-state index contributed by atoms with van der Waals surface area (Å²) in [6, 6.07) is 10.2. The third-order valence-corrected chi connectivity index (χ3v) is 4.30. The van der Waals surface area contributed by atoms with Gasteiger partial charge in [-0.3, -0.25) is 9.36 Å². The van der Waals surface area contributed by atoms with Crippen molar-refractivity contribution < 1.29 is 14.1 Å². The minimum Gasteiger partial charge on any atom is -0.439 e.